The minimum atomic E-state index is -4.29. The lowest BCUT2D eigenvalue weighted by Gasteiger charge is -2.14. The maximum absolute atomic E-state index is 12.3. The third-order valence-corrected chi connectivity index (χ3v) is 2.59. The van der Waals surface area contributed by atoms with Crippen molar-refractivity contribution in [2.75, 3.05) is 6.61 Å². The summed E-state index contributed by atoms with van der Waals surface area (Å²) in [6, 6.07) is 5.01. The summed E-state index contributed by atoms with van der Waals surface area (Å²) in [6.45, 7) is 2.41. The third kappa shape index (κ3) is 4.36. The van der Waals surface area contributed by atoms with E-state index in [1.54, 1.807) is 0 Å². The molecule has 0 spiro atoms. The Morgan fingerprint density at radius 2 is 1.82 bits per heavy atom. The molecule has 5 heteroatoms. The largest absolute Gasteiger partial charge is 0.416 e. The van der Waals surface area contributed by atoms with E-state index in [4.69, 9.17) is 5.11 Å². The van der Waals surface area contributed by atoms with E-state index in [-0.39, 0.29) is 12.6 Å². The zero-order valence-electron chi connectivity index (χ0n) is 9.59. The number of hydrogen-bond acceptors (Lipinski definition) is 2. The average Bonchev–Trinajstić information content (AvgIpc) is 2.30. The van der Waals surface area contributed by atoms with Crippen molar-refractivity contribution in [1.82, 2.24) is 5.32 Å². The van der Waals surface area contributed by atoms with Gasteiger partial charge in [0.1, 0.15) is 0 Å². The molecule has 0 unspecified atom stereocenters. The summed E-state index contributed by atoms with van der Waals surface area (Å²) < 4.78 is 36.9. The number of rotatable bonds is 5. The summed E-state index contributed by atoms with van der Waals surface area (Å²) in [7, 11) is 0. The number of nitrogens with one attached hydrogen (secondary N) is 1. The van der Waals surface area contributed by atoms with Gasteiger partial charge in [0.05, 0.1) is 12.2 Å². The van der Waals surface area contributed by atoms with Gasteiger partial charge in [-0.1, -0.05) is 19.1 Å². The molecule has 0 amide bonds. The van der Waals surface area contributed by atoms with Crippen molar-refractivity contribution in [2.24, 2.45) is 0 Å². The van der Waals surface area contributed by atoms with E-state index in [9.17, 15) is 13.2 Å². The molecule has 0 aromatic heterocycles. The monoisotopic (exact) mass is 247 g/mol. The third-order valence-electron chi connectivity index (χ3n) is 2.59. The van der Waals surface area contributed by atoms with Crippen LogP contribution in [-0.2, 0) is 12.7 Å². The number of aliphatic hydroxyl groups excluding tert-OH is 1. The Labute approximate surface area is 98.5 Å². The first-order valence-corrected chi connectivity index (χ1v) is 5.47. The number of hydrogen-bond donors (Lipinski definition) is 2. The van der Waals surface area contributed by atoms with Gasteiger partial charge in [-0.2, -0.15) is 13.2 Å². The van der Waals surface area contributed by atoms with Gasteiger partial charge in [0, 0.05) is 12.6 Å². The number of halogens is 3. The van der Waals surface area contributed by atoms with E-state index in [1.807, 2.05) is 6.92 Å². The van der Waals surface area contributed by atoms with Crippen LogP contribution in [0.3, 0.4) is 0 Å². The molecule has 0 aliphatic carbocycles. The van der Waals surface area contributed by atoms with Crippen LogP contribution in [0.2, 0.25) is 0 Å². The number of alkyl halides is 3. The van der Waals surface area contributed by atoms with Crippen molar-refractivity contribution in [1.29, 1.82) is 0 Å². The van der Waals surface area contributed by atoms with Crippen LogP contribution in [0.1, 0.15) is 24.5 Å². The molecule has 1 atom stereocenters. The van der Waals surface area contributed by atoms with E-state index in [1.165, 1.54) is 12.1 Å². The lowest BCUT2D eigenvalue weighted by atomic mass is 10.1. The molecule has 96 valence electrons. The molecule has 1 rings (SSSR count). The fourth-order valence-electron chi connectivity index (χ4n) is 1.41. The molecular weight excluding hydrogens is 231 g/mol. The zero-order chi connectivity index (χ0) is 12.9. The molecule has 0 bridgehead atoms. The number of aliphatic hydroxyl groups is 1. The minimum Gasteiger partial charge on any atom is -0.395 e. The summed E-state index contributed by atoms with van der Waals surface area (Å²) in [5.74, 6) is 0. The molecule has 1 aromatic carbocycles. The van der Waals surface area contributed by atoms with E-state index < -0.39 is 11.7 Å². The van der Waals surface area contributed by atoms with Crippen molar-refractivity contribution >= 4 is 0 Å². The summed E-state index contributed by atoms with van der Waals surface area (Å²) in [6.07, 6.45) is -3.51. The fraction of sp³-hybridized carbons (Fsp3) is 0.500. The van der Waals surface area contributed by atoms with Crippen LogP contribution < -0.4 is 5.32 Å². The molecule has 0 aliphatic rings. The molecule has 2 nitrogen and oxygen atoms in total. The van der Waals surface area contributed by atoms with Gasteiger partial charge in [-0.25, -0.2) is 0 Å². The van der Waals surface area contributed by atoms with Gasteiger partial charge in [-0.05, 0) is 24.1 Å². The Bertz CT molecular complexity index is 331. The lowest BCUT2D eigenvalue weighted by Crippen LogP contribution is -2.31. The first kappa shape index (κ1) is 14.0. The quantitative estimate of drug-likeness (QED) is 0.838. The van der Waals surface area contributed by atoms with Crippen LogP contribution in [-0.4, -0.2) is 17.8 Å². The van der Waals surface area contributed by atoms with Crippen molar-refractivity contribution in [3.8, 4) is 0 Å². The van der Waals surface area contributed by atoms with E-state index in [0.717, 1.165) is 24.1 Å². The molecule has 0 heterocycles. The Balaban J connectivity index is 2.57. The second kappa shape index (κ2) is 6.02. The Morgan fingerprint density at radius 1 is 1.24 bits per heavy atom. The predicted octanol–water partition coefficient (Wildman–Crippen LogP) is 2.57. The van der Waals surface area contributed by atoms with Crippen molar-refractivity contribution in [3.63, 3.8) is 0 Å². The Morgan fingerprint density at radius 3 is 2.24 bits per heavy atom. The first-order chi connectivity index (χ1) is 7.97. The average molecular weight is 247 g/mol. The van der Waals surface area contributed by atoms with Gasteiger partial charge >= 0.3 is 6.18 Å². The first-order valence-electron chi connectivity index (χ1n) is 5.47. The van der Waals surface area contributed by atoms with Gasteiger partial charge < -0.3 is 10.4 Å². The van der Waals surface area contributed by atoms with E-state index in [2.05, 4.69) is 5.32 Å². The molecule has 0 fully saturated rings. The molecule has 0 radical (unpaired) electrons. The topological polar surface area (TPSA) is 32.3 Å². The maximum Gasteiger partial charge on any atom is 0.416 e. The molecule has 2 N–H and O–H groups in total. The minimum absolute atomic E-state index is 0.0164. The van der Waals surface area contributed by atoms with Crippen molar-refractivity contribution in [3.05, 3.63) is 35.4 Å². The summed E-state index contributed by atoms with van der Waals surface area (Å²) in [4.78, 5) is 0. The maximum atomic E-state index is 12.3. The lowest BCUT2D eigenvalue weighted by molar-refractivity contribution is -0.137. The molecule has 17 heavy (non-hydrogen) atoms. The normalized spacial score (nSPS) is 13.7. The standard InChI is InChI=1S/C12H16F3NO/c1-2-11(8-17)16-7-9-3-5-10(6-4-9)12(13,14)15/h3-6,11,16-17H,2,7-8H2,1H3/t11-/m0/s1. The molecule has 0 aliphatic heterocycles. The Kier molecular flexibility index (Phi) is 4.96. The van der Waals surface area contributed by atoms with E-state index in [0.29, 0.717) is 6.54 Å². The second-order valence-corrected chi connectivity index (χ2v) is 3.86. The zero-order valence-corrected chi connectivity index (χ0v) is 9.59. The highest BCUT2D eigenvalue weighted by Gasteiger charge is 2.29. The van der Waals surface area contributed by atoms with Crippen LogP contribution in [0.4, 0.5) is 13.2 Å². The SMILES string of the molecule is CC[C@@H](CO)NCc1ccc(C(F)(F)F)cc1. The van der Waals surface area contributed by atoms with Gasteiger partial charge in [-0.15, -0.1) is 0 Å². The Hall–Kier alpha value is -1.07. The highest BCUT2D eigenvalue weighted by atomic mass is 19.4. The van der Waals surface area contributed by atoms with Crippen molar-refractivity contribution in [2.45, 2.75) is 32.1 Å². The van der Waals surface area contributed by atoms with Gasteiger partial charge in [-0.3, -0.25) is 0 Å². The smallest absolute Gasteiger partial charge is 0.395 e. The fourth-order valence-corrected chi connectivity index (χ4v) is 1.41. The van der Waals surface area contributed by atoms with Gasteiger partial charge in [0.25, 0.3) is 0 Å². The van der Waals surface area contributed by atoms with Gasteiger partial charge in [0.2, 0.25) is 0 Å². The van der Waals surface area contributed by atoms with Crippen LogP contribution in [0.25, 0.3) is 0 Å². The predicted molar refractivity (Wildman–Crippen MR) is 59.4 cm³/mol. The van der Waals surface area contributed by atoms with Crippen LogP contribution in [0.15, 0.2) is 24.3 Å². The molecule has 1 aromatic rings. The highest BCUT2D eigenvalue weighted by molar-refractivity contribution is 5.24. The highest BCUT2D eigenvalue weighted by Crippen LogP contribution is 2.28. The molecule has 0 saturated heterocycles. The van der Waals surface area contributed by atoms with Crippen molar-refractivity contribution < 1.29 is 18.3 Å². The second-order valence-electron chi connectivity index (χ2n) is 3.86. The van der Waals surface area contributed by atoms with Crippen LogP contribution in [0, 0.1) is 0 Å². The van der Waals surface area contributed by atoms with Crippen LogP contribution in [0.5, 0.6) is 0 Å². The summed E-state index contributed by atoms with van der Waals surface area (Å²) in [5, 5.41) is 12.0. The van der Waals surface area contributed by atoms with Crippen LogP contribution >= 0.6 is 0 Å². The van der Waals surface area contributed by atoms with E-state index >= 15 is 0 Å². The van der Waals surface area contributed by atoms with Gasteiger partial charge in [0.15, 0.2) is 0 Å². The number of benzene rings is 1. The summed E-state index contributed by atoms with van der Waals surface area (Å²) >= 11 is 0. The molecule has 0 saturated carbocycles. The molecular formula is C12H16F3NO. The summed E-state index contributed by atoms with van der Waals surface area (Å²) in [5.41, 5.74) is 0.125.